The van der Waals surface area contributed by atoms with Gasteiger partial charge in [0, 0.05) is 6.92 Å². The molecule has 0 aliphatic heterocycles. The van der Waals surface area contributed by atoms with Gasteiger partial charge in [0.1, 0.15) is 5.60 Å². The van der Waals surface area contributed by atoms with E-state index < -0.39 is 5.60 Å². The van der Waals surface area contributed by atoms with Crippen molar-refractivity contribution in [1.82, 2.24) is 0 Å². The van der Waals surface area contributed by atoms with Crippen LogP contribution in [0.5, 0.6) is 0 Å². The van der Waals surface area contributed by atoms with Crippen LogP contribution in [0.25, 0.3) is 0 Å². The number of esters is 1. The van der Waals surface area contributed by atoms with Crippen molar-refractivity contribution in [2.75, 3.05) is 0 Å². The molecule has 0 aromatic rings. The highest BCUT2D eigenvalue weighted by molar-refractivity contribution is 5.67. The van der Waals surface area contributed by atoms with E-state index in [1.165, 1.54) is 6.92 Å². The van der Waals surface area contributed by atoms with Crippen molar-refractivity contribution in [2.45, 2.75) is 32.8 Å². The monoisotopic (exact) mass is 143 g/mol. The van der Waals surface area contributed by atoms with Gasteiger partial charge in [-0.05, 0) is 13.8 Å². The Hall–Kier alpha value is -0.860. The Kier molecular flexibility index (Phi) is 3.06. The lowest BCUT2D eigenvalue weighted by atomic mass is 10.1. The molecule has 0 fully saturated rings. The topological polar surface area (TPSA) is 43.4 Å². The van der Waals surface area contributed by atoms with Crippen molar-refractivity contribution < 1.29 is 14.3 Å². The normalized spacial score (nSPS) is 10.7. The fraction of sp³-hybridized carbons (Fsp3) is 0.714. The molecule has 3 nitrogen and oxygen atoms in total. The van der Waals surface area contributed by atoms with Crippen molar-refractivity contribution in [1.29, 1.82) is 0 Å². The summed E-state index contributed by atoms with van der Waals surface area (Å²) in [6.07, 6.45) is 1.80. The molecular weight excluding hydrogens is 132 g/mol. The SMILES string of the molecule is CC(=O)OC(C)(C)C[C]=O. The molecule has 0 spiro atoms. The van der Waals surface area contributed by atoms with E-state index in [4.69, 9.17) is 4.74 Å². The highest BCUT2D eigenvalue weighted by atomic mass is 16.6. The zero-order valence-corrected chi connectivity index (χ0v) is 6.43. The Morgan fingerprint density at radius 2 is 2.10 bits per heavy atom. The van der Waals surface area contributed by atoms with Gasteiger partial charge in [-0.15, -0.1) is 0 Å². The smallest absolute Gasteiger partial charge is 0.303 e. The Bertz CT molecular complexity index is 138. The average molecular weight is 143 g/mol. The predicted octanol–water partition coefficient (Wildman–Crippen LogP) is 0.828. The Labute approximate surface area is 60.4 Å². The minimum absolute atomic E-state index is 0.118. The van der Waals surface area contributed by atoms with Crippen LogP contribution < -0.4 is 0 Å². The zero-order chi connectivity index (χ0) is 8.20. The third-order valence-electron chi connectivity index (χ3n) is 0.918. The summed E-state index contributed by atoms with van der Waals surface area (Å²) in [5.41, 5.74) is -0.701. The number of carbonyl (C=O) groups is 1. The van der Waals surface area contributed by atoms with Crippen LogP contribution in [-0.2, 0) is 14.3 Å². The maximum Gasteiger partial charge on any atom is 0.303 e. The second-order valence-corrected chi connectivity index (χ2v) is 2.67. The van der Waals surface area contributed by atoms with Crippen molar-refractivity contribution in [3.8, 4) is 0 Å². The summed E-state index contributed by atoms with van der Waals surface area (Å²) in [6, 6.07) is 0. The first kappa shape index (κ1) is 9.14. The predicted molar refractivity (Wildman–Crippen MR) is 36.2 cm³/mol. The fourth-order valence-electron chi connectivity index (χ4n) is 0.599. The molecular formula is C7H11O3. The summed E-state index contributed by atoms with van der Waals surface area (Å²) in [5.74, 6) is -0.375. The molecule has 0 heterocycles. The summed E-state index contributed by atoms with van der Waals surface area (Å²) in [5, 5.41) is 0. The van der Waals surface area contributed by atoms with Crippen LogP contribution in [0.4, 0.5) is 0 Å². The lowest BCUT2D eigenvalue weighted by Crippen LogP contribution is -2.27. The molecule has 0 aromatic heterocycles. The van der Waals surface area contributed by atoms with Crippen LogP contribution in [0, 0.1) is 0 Å². The van der Waals surface area contributed by atoms with Gasteiger partial charge in [-0.2, -0.15) is 0 Å². The fourth-order valence-corrected chi connectivity index (χ4v) is 0.599. The quantitative estimate of drug-likeness (QED) is 0.549. The molecule has 3 heteroatoms. The molecule has 0 unspecified atom stereocenters. The Morgan fingerprint density at radius 3 is 2.40 bits per heavy atom. The van der Waals surface area contributed by atoms with Crippen LogP contribution in [0.2, 0.25) is 0 Å². The minimum Gasteiger partial charge on any atom is -0.459 e. The molecule has 0 bridgehead atoms. The van der Waals surface area contributed by atoms with Gasteiger partial charge in [0.15, 0.2) is 0 Å². The highest BCUT2D eigenvalue weighted by Crippen LogP contribution is 2.11. The highest BCUT2D eigenvalue weighted by Gasteiger charge is 2.20. The Morgan fingerprint density at radius 1 is 1.60 bits per heavy atom. The molecule has 0 rings (SSSR count). The third-order valence-corrected chi connectivity index (χ3v) is 0.918. The summed E-state index contributed by atoms with van der Waals surface area (Å²) in [7, 11) is 0. The van der Waals surface area contributed by atoms with Gasteiger partial charge in [0.05, 0.1) is 6.42 Å². The van der Waals surface area contributed by atoms with Crippen LogP contribution in [-0.4, -0.2) is 17.9 Å². The standard InChI is InChI=1S/C7H11O3/c1-6(9)10-7(2,3)4-5-8/h4H2,1-3H3. The number of hydrogen-bond acceptors (Lipinski definition) is 3. The van der Waals surface area contributed by atoms with Crippen molar-refractivity contribution >= 4 is 12.3 Å². The molecule has 0 saturated heterocycles. The van der Waals surface area contributed by atoms with E-state index in [9.17, 15) is 9.59 Å². The van der Waals surface area contributed by atoms with E-state index in [0.717, 1.165) is 0 Å². The molecule has 0 atom stereocenters. The molecule has 1 radical (unpaired) electrons. The van der Waals surface area contributed by atoms with E-state index in [-0.39, 0.29) is 12.4 Å². The van der Waals surface area contributed by atoms with E-state index >= 15 is 0 Å². The van der Waals surface area contributed by atoms with Gasteiger partial charge in [0.25, 0.3) is 0 Å². The maximum absolute atomic E-state index is 10.4. The van der Waals surface area contributed by atoms with Crippen LogP contribution in [0.3, 0.4) is 0 Å². The number of carbonyl (C=O) groups excluding carboxylic acids is 2. The van der Waals surface area contributed by atoms with Crippen LogP contribution >= 0.6 is 0 Å². The van der Waals surface area contributed by atoms with Crippen molar-refractivity contribution in [2.24, 2.45) is 0 Å². The van der Waals surface area contributed by atoms with Gasteiger partial charge in [-0.3, -0.25) is 9.59 Å². The van der Waals surface area contributed by atoms with Gasteiger partial charge in [-0.25, -0.2) is 0 Å². The number of hydrogen-bond donors (Lipinski definition) is 0. The van der Waals surface area contributed by atoms with Crippen LogP contribution in [0.15, 0.2) is 0 Å². The summed E-state index contributed by atoms with van der Waals surface area (Å²) >= 11 is 0. The second kappa shape index (κ2) is 3.34. The third kappa shape index (κ3) is 4.06. The number of rotatable bonds is 3. The number of ether oxygens (including phenoxy) is 1. The van der Waals surface area contributed by atoms with E-state index in [0.29, 0.717) is 0 Å². The summed E-state index contributed by atoms with van der Waals surface area (Å²) in [6.45, 7) is 4.64. The molecule has 57 valence electrons. The molecule has 0 aliphatic rings. The first-order valence-corrected chi connectivity index (χ1v) is 3.02. The maximum atomic E-state index is 10.4. The van der Waals surface area contributed by atoms with E-state index in [2.05, 4.69) is 0 Å². The first-order valence-electron chi connectivity index (χ1n) is 3.02. The average Bonchev–Trinajstić information content (AvgIpc) is 1.59. The molecule has 0 amide bonds. The largest absolute Gasteiger partial charge is 0.459 e. The van der Waals surface area contributed by atoms with Crippen molar-refractivity contribution in [3.63, 3.8) is 0 Å². The van der Waals surface area contributed by atoms with E-state index in [1.54, 1.807) is 20.1 Å². The zero-order valence-electron chi connectivity index (χ0n) is 6.43. The van der Waals surface area contributed by atoms with Crippen LogP contribution in [0.1, 0.15) is 27.2 Å². The first-order chi connectivity index (χ1) is 4.48. The summed E-state index contributed by atoms with van der Waals surface area (Å²) < 4.78 is 4.78. The lowest BCUT2D eigenvalue weighted by molar-refractivity contribution is -0.152. The van der Waals surface area contributed by atoms with Gasteiger partial charge < -0.3 is 4.74 Å². The molecule has 0 aromatic carbocycles. The molecule has 0 N–H and O–H groups in total. The lowest BCUT2D eigenvalue weighted by Gasteiger charge is -2.20. The van der Waals surface area contributed by atoms with Gasteiger partial charge >= 0.3 is 5.97 Å². The molecule has 0 saturated carbocycles. The Balaban J connectivity index is 3.85. The van der Waals surface area contributed by atoms with E-state index in [1.807, 2.05) is 0 Å². The van der Waals surface area contributed by atoms with Crippen molar-refractivity contribution in [3.05, 3.63) is 0 Å². The second-order valence-electron chi connectivity index (χ2n) is 2.67. The molecule has 0 aliphatic carbocycles. The molecule has 10 heavy (non-hydrogen) atoms. The summed E-state index contributed by atoms with van der Waals surface area (Å²) in [4.78, 5) is 20.3. The minimum atomic E-state index is -0.701. The van der Waals surface area contributed by atoms with Gasteiger partial charge in [-0.1, -0.05) is 0 Å². The van der Waals surface area contributed by atoms with Gasteiger partial charge in [0.2, 0.25) is 6.29 Å².